The number of esters is 1. The van der Waals surface area contributed by atoms with Gasteiger partial charge in [-0.3, -0.25) is 9.36 Å². The van der Waals surface area contributed by atoms with Gasteiger partial charge >= 0.3 is 5.97 Å². The van der Waals surface area contributed by atoms with Crippen molar-refractivity contribution >= 4 is 35.0 Å². The molecule has 0 N–H and O–H groups in total. The first-order valence-corrected chi connectivity index (χ1v) is 16.4. The fourth-order valence-electron chi connectivity index (χ4n) is 5.58. The number of rotatable bonds is 11. The Bertz CT molecular complexity index is 2060. The lowest BCUT2D eigenvalue weighted by Crippen LogP contribution is -2.39. The summed E-state index contributed by atoms with van der Waals surface area (Å²) in [6.45, 7) is 10.3. The molecule has 0 saturated heterocycles. The SMILES string of the molecule is C=CCc1cc(/C=c2/sc3n(c2=O)[C@@H](c2ccc4c(c2)OCO4)C(C(=O)OCC)=C(C)N=3)cc(OCC)c1OCc1ccc(Cl)cc1. The van der Waals surface area contributed by atoms with Crippen LogP contribution in [0, 0.1) is 0 Å². The average Bonchev–Trinajstić information content (AvgIpc) is 3.64. The van der Waals surface area contributed by atoms with Crippen molar-refractivity contribution in [3.63, 3.8) is 0 Å². The lowest BCUT2D eigenvalue weighted by atomic mass is 9.95. The highest BCUT2D eigenvalue weighted by Crippen LogP contribution is 2.38. The van der Waals surface area contributed by atoms with Crippen molar-refractivity contribution in [3.8, 4) is 23.0 Å². The van der Waals surface area contributed by atoms with E-state index in [0.29, 0.717) is 73.8 Å². The second kappa shape index (κ2) is 13.9. The molecule has 0 unspecified atom stereocenters. The van der Waals surface area contributed by atoms with Crippen LogP contribution in [0.1, 0.15) is 49.1 Å². The Hall–Kier alpha value is -4.80. The molecule has 0 fully saturated rings. The van der Waals surface area contributed by atoms with Gasteiger partial charge in [-0.1, -0.05) is 47.2 Å². The largest absolute Gasteiger partial charge is 0.490 e. The number of allylic oxidation sites excluding steroid dienone is 2. The van der Waals surface area contributed by atoms with E-state index in [9.17, 15) is 9.59 Å². The van der Waals surface area contributed by atoms with Crippen LogP contribution in [-0.2, 0) is 22.6 Å². The van der Waals surface area contributed by atoms with Crippen LogP contribution in [0.5, 0.6) is 23.0 Å². The molecule has 4 aromatic rings. The number of thiazole rings is 1. The fraction of sp³-hybridized carbons (Fsp3) is 0.250. The summed E-state index contributed by atoms with van der Waals surface area (Å²) in [6.07, 6.45) is 4.12. The van der Waals surface area contributed by atoms with Gasteiger partial charge in [0.2, 0.25) is 6.79 Å². The van der Waals surface area contributed by atoms with Gasteiger partial charge in [0.1, 0.15) is 6.61 Å². The number of fused-ring (bicyclic) bond motifs is 2. The van der Waals surface area contributed by atoms with Gasteiger partial charge in [-0.25, -0.2) is 9.79 Å². The van der Waals surface area contributed by atoms with Crippen molar-refractivity contribution in [2.45, 2.75) is 39.8 Å². The standard InChI is InChI=1S/C36H33ClN2O7S/c1-5-8-25-15-23(16-29(42-6-2)33(25)44-19-22-9-12-26(37)13-10-22)17-30-34(40)39-32(24-11-14-27-28(18-24)46-20-45-27)31(35(41)43-7-3)21(4)38-36(39)47-30/h5,9-18,32H,1,6-8,19-20H2,2-4H3/b30-17+/t32-/m0/s1. The van der Waals surface area contributed by atoms with Crippen LogP contribution in [0.25, 0.3) is 6.08 Å². The van der Waals surface area contributed by atoms with E-state index in [1.807, 2.05) is 55.5 Å². The molecule has 0 aliphatic carbocycles. The van der Waals surface area contributed by atoms with Gasteiger partial charge < -0.3 is 23.7 Å². The van der Waals surface area contributed by atoms with E-state index < -0.39 is 12.0 Å². The van der Waals surface area contributed by atoms with Crippen molar-refractivity contribution < 1.29 is 28.5 Å². The minimum absolute atomic E-state index is 0.101. The maximum atomic E-state index is 14.2. The summed E-state index contributed by atoms with van der Waals surface area (Å²) in [5.41, 5.74) is 3.71. The van der Waals surface area contributed by atoms with Crippen molar-refractivity contribution in [1.29, 1.82) is 0 Å². The first-order chi connectivity index (χ1) is 22.8. The van der Waals surface area contributed by atoms with Gasteiger partial charge in [-0.15, -0.1) is 6.58 Å². The monoisotopic (exact) mass is 672 g/mol. The van der Waals surface area contributed by atoms with E-state index in [1.165, 1.54) is 11.3 Å². The third-order valence-corrected chi connectivity index (χ3v) is 8.88. The second-order valence-corrected chi connectivity index (χ2v) is 12.2. The van der Waals surface area contributed by atoms with Crippen molar-refractivity contribution in [2.75, 3.05) is 20.0 Å². The molecule has 6 rings (SSSR count). The number of carbonyl (C=O) groups excluding carboxylic acids is 1. The average molecular weight is 673 g/mol. The number of nitrogens with zero attached hydrogens (tertiary/aromatic N) is 2. The summed E-state index contributed by atoms with van der Waals surface area (Å²) in [5, 5.41) is 0.653. The van der Waals surface area contributed by atoms with E-state index in [-0.39, 0.29) is 19.0 Å². The van der Waals surface area contributed by atoms with Crippen LogP contribution < -0.4 is 33.8 Å². The van der Waals surface area contributed by atoms with Gasteiger partial charge in [0.05, 0.1) is 35.1 Å². The van der Waals surface area contributed by atoms with E-state index in [2.05, 4.69) is 11.6 Å². The zero-order valence-corrected chi connectivity index (χ0v) is 27.8. The number of carbonyl (C=O) groups is 1. The van der Waals surface area contributed by atoms with Crippen molar-refractivity contribution in [1.82, 2.24) is 4.57 Å². The molecular formula is C36H33ClN2O7S. The Labute approximate surface area is 280 Å². The number of benzene rings is 3. The van der Waals surface area contributed by atoms with E-state index >= 15 is 0 Å². The molecule has 1 atom stereocenters. The van der Waals surface area contributed by atoms with Crippen LogP contribution in [0.15, 0.2) is 88.3 Å². The van der Waals surface area contributed by atoms with Gasteiger partial charge in [-0.05, 0) is 86.4 Å². The highest BCUT2D eigenvalue weighted by molar-refractivity contribution is 7.07. The highest BCUT2D eigenvalue weighted by atomic mass is 35.5. The molecule has 3 heterocycles. The number of aromatic nitrogens is 1. The molecule has 0 saturated carbocycles. The van der Waals surface area contributed by atoms with E-state index in [4.69, 9.17) is 35.3 Å². The number of halogens is 1. The summed E-state index contributed by atoms with van der Waals surface area (Å²) in [4.78, 5) is 32.6. The number of ether oxygens (including phenoxy) is 5. The third-order valence-electron chi connectivity index (χ3n) is 7.64. The van der Waals surface area contributed by atoms with Crippen LogP contribution >= 0.6 is 22.9 Å². The molecule has 2 aliphatic rings. The Morgan fingerprint density at radius 1 is 1.09 bits per heavy atom. The molecule has 1 aromatic heterocycles. The fourth-order valence-corrected chi connectivity index (χ4v) is 6.75. The molecule has 0 amide bonds. The van der Waals surface area contributed by atoms with E-state index in [0.717, 1.165) is 16.7 Å². The van der Waals surface area contributed by atoms with E-state index in [1.54, 1.807) is 36.6 Å². The molecule has 242 valence electrons. The van der Waals surface area contributed by atoms with Gasteiger partial charge in [0.25, 0.3) is 5.56 Å². The lowest BCUT2D eigenvalue weighted by molar-refractivity contribution is -0.139. The molecule has 2 aliphatic heterocycles. The summed E-state index contributed by atoms with van der Waals surface area (Å²) >= 11 is 7.30. The minimum Gasteiger partial charge on any atom is -0.490 e. The highest BCUT2D eigenvalue weighted by Gasteiger charge is 2.34. The molecular weight excluding hydrogens is 640 g/mol. The molecule has 47 heavy (non-hydrogen) atoms. The molecule has 11 heteroatoms. The van der Waals surface area contributed by atoms with Crippen molar-refractivity contribution in [2.24, 2.45) is 4.99 Å². The van der Waals surface area contributed by atoms with Crippen LogP contribution in [0.4, 0.5) is 0 Å². The number of hydrogen-bond donors (Lipinski definition) is 0. The summed E-state index contributed by atoms with van der Waals surface area (Å²) in [5.74, 6) is 1.77. The number of hydrogen-bond acceptors (Lipinski definition) is 9. The zero-order chi connectivity index (χ0) is 33.1. The Morgan fingerprint density at radius 2 is 1.87 bits per heavy atom. The quantitative estimate of drug-likeness (QED) is 0.145. The summed E-state index contributed by atoms with van der Waals surface area (Å²) in [6, 6.07) is 15.9. The molecule has 0 bridgehead atoms. The van der Waals surface area contributed by atoms with Crippen LogP contribution in [-0.4, -0.2) is 30.5 Å². The molecule has 9 nitrogen and oxygen atoms in total. The van der Waals surface area contributed by atoms with Crippen molar-refractivity contribution in [3.05, 3.63) is 125 Å². The van der Waals surface area contributed by atoms with Gasteiger partial charge in [0.15, 0.2) is 27.8 Å². The third kappa shape index (κ3) is 6.57. The Kier molecular flexibility index (Phi) is 9.51. The first kappa shape index (κ1) is 32.2. The topological polar surface area (TPSA) is 97.6 Å². The predicted molar refractivity (Wildman–Crippen MR) is 180 cm³/mol. The maximum absolute atomic E-state index is 14.2. The second-order valence-electron chi connectivity index (χ2n) is 10.8. The summed E-state index contributed by atoms with van der Waals surface area (Å²) in [7, 11) is 0. The lowest BCUT2D eigenvalue weighted by Gasteiger charge is -2.24. The molecule has 0 spiro atoms. The molecule has 0 radical (unpaired) electrons. The Balaban J connectivity index is 1.45. The molecule has 3 aromatic carbocycles. The first-order valence-electron chi connectivity index (χ1n) is 15.2. The van der Waals surface area contributed by atoms with Gasteiger partial charge in [0, 0.05) is 10.6 Å². The maximum Gasteiger partial charge on any atom is 0.338 e. The predicted octanol–water partition coefficient (Wildman–Crippen LogP) is 5.89. The van der Waals surface area contributed by atoms with Crippen LogP contribution in [0.2, 0.25) is 5.02 Å². The zero-order valence-electron chi connectivity index (χ0n) is 26.2. The smallest absolute Gasteiger partial charge is 0.338 e. The van der Waals surface area contributed by atoms with Gasteiger partial charge in [-0.2, -0.15) is 0 Å². The summed E-state index contributed by atoms with van der Waals surface area (Å²) < 4.78 is 30.8. The Morgan fingerprint density at radius 3 is 2.62 bits per heavy atom. The normalized spacial score (nSPS) is 15.2. The minimum atomic E-state index is -0.777. The van der Waals surface area contributed by atoms with Crippen LogP contribution in [0.3, 0.4) is 0 Å².